The Hall–Kier alpha value is -2.22. The fourth-order valence-corrected chi connectivity index (χ4v) is 4.24. The summed E-state index contributed by atoms with van der Waals surface area (Å²) in [4.78, 5) is 3.67. The number of hydrogen-bond donors (Lipinski definition) is 2. The summed E-state index contributed by atoms with van der Waals surface area (Å²) in [7, 11) is 0. The number of aromatic amines is 1. The number of phenolic OH excluding ortho intramolecular Hbond substituents is 1. The molecule has 0 unspecified atom stereocenters. The zero-order chi connectivity index (χ0) is 18.1. The Kier molecular flexibility index (Phi) is 3.19. The molecule has 2 nitrogen and oxygen atoms in total. The van der Waals surface area contributed by atoms with Gasteiger partial charge in [-0.15, -0.1) is 0 Å². The van der Waals surface area contributed by atoms with Crippen molar-refractivity contribution in [2.75, 3.05) is 0 Å². The molecule has 130 valence electrons. The maximum Gasteiger partial charge on any atom is 0.123 e. The van der Waals surface area contributed by atoms with Crippen molar-refractivity contribution in [2.24, 2.45) is 0 Å². The number of H-pyrrole nitrogens is 1. The number of nitrogens with one attached hydrogen (secondary N) is 1. The summed E-state index contributed by atoms with van der Waals surface area (Å²) in [5.74, 6) is 0.463. The smallest absolute Gasteiger partial charge is 0.123 e. The average molecular weight is 333 g/mol. The molecule has 3 aromatic rings. The standard InChI is InChI=1S/C23H27NO/c1-22(2,3)16-12-17-18(19(21(16)25)23(4,5)6)15-11-13-9-7-8-10-14(13)20(15)24-17/h7-10,12,24-25H,11H2,1-6H3. The van der Waals surface area contributed by atoms with Crippen LogP contribution in [0.4, 0.5) is 0 Å². The Morgan fingerprint density at radius 1 is 0.960 bits per heavy atom. The van der Waals surface area contributed by atoms with E-state index in [2.05, 4.69) is 76.9 Å². The molecule has 1 aliphatic rings. The maximum absolute atomic E-state index is 11.2. The van der Waals surface area contributed by atoms with Crippen LogP contribution >= 0.6 is 0 Å². The number of phenols is 1. The minimum atomic E-state index is -0.131. The molecule has 0 saturated heterocycles. The van der Waals surface area contributed by atoms with Gasteiger partial charge in [-0.25, -0.2) is 0 Å². The lowest BCUT2D eigenvalue weighted by atomic mass is 9.77. The second-order valence-corrected chi connectivity index (χ2v) is 9.38. The van der Waals surface area contributed by atoms with Crippen LogP contribution in [0, 0.1) is 0 Å². The van der Waals surface area contributed by atoms with E-state index in [9.17, 15) is 5.11 Å². The van der Waals surface area contributed by atoms with Gasteiger partial charge >= 0.3 is 0 Å². The average Bonchev–Trinajstić information content (AvgIpc) is 3.00. The number of aromatic hydroxyl groups is 1. The minimum Gasteiger partial charge on any atom is -0.507 e. The van der Waals surface area contributed by atoms with Crippen LogP contribution in [0.2, 0.25) is 0 Å². The predicted molar refractivity (Wildman–Crippen MR) is 106 cm³/mol. The van der Waals surface area contributed by atoms with Crippen LogP contribution in [0.15, 0.2) is 30.3 Å². The normalized spacial score (nSPS) is 14.0. The molecule has 2 heteroatoms. The molecule has 0 fully saturated rings. The van der Waals surface area contributed by atoms with Gasteiger partial charge in [0, 0.05) is 34.0 Å². The van der Waals surface area contributed by atoms with E-state index in [0.717, 1.165) is 23.1 Å². The van der Waals surface area contributed by atoms with Crippen LogP contribution in [0.25, 0.3) is 22.2 Å². The van der Waals surface area contributed by atoms with E-state index in [0.29, 0.717) is 5.75 Å². The Bertz CT molecular complexity index is 994. The van der Waals surface area contributed by atoms with Crippen LogP contribution in [0.5, 0.6) is 5.75 Å². The second kappa shape index (κ2) is 4.91. The lowest BCUT2D eigenvalue weighted by Gasteiger charge is -2.28. The summed E-state index contributed by atoms with van der Waals surface area (Å²) < 4.78 is 0. The third-order valence-electron chi connectivity index (χ3n) is 5.38. The third-order valence-corrected chi connectivity index (χ3v) is 5.38. The molecule has 25 heavy (non-hydrogen) atoms. The van der Waals surface area contributed by atoms with Gasteiger partial charge in [0.15, 0.2) is 0 Å². The van der Waals surface area contributed by atoms with Gasteiger partial charge in [-0.1, -0.05) is 65.8 Å². The molecule has 0 spiro atoms. The van der Waals surface area contributed by atoms with Crippen LogP contribution in [-0.2, 0) is 17.3 Å². The summed E-state index contributed by atoms with van der Waals surface area (Å²) in [6.07, 6.45) is 0.933. The van der Waals surface area contributed by atoms with Crippen LogP contribution in [-0.4, -0.2) is 10.1 Å². The Morgan fingerprint density at radius 3 is 2.28 bits per heavy atom. The lowest BCUT2D eigenvalue weighted by molar-refractivity contribution is 0.426. The Balaban J connectivity index is 2.13. The van der Waals surface area contributed by atoms with Gasteiger partial charge in [0.25, 0.3) is 0 Å². The number of fused-ring (bicyclic) bond motifs is 5. The number of rotatable bonds is 0. The molecule has 0 saturated carbocycles. The molecule has 0 radical (unpaired) electrons. The van der Waals surface area contributed by atoms with Gasteiger partial charge in [-0.05, 0) is 28.0 Å². The van der Waals surface area contributed by atoms with E-state index in [-0.39, 0.29) is 10.8 Å². The molecule has 2 aromatic carbocycles. The molecule has 4 rings (SSSR count). The highest BCUT2D eigenvalue weighted by Crippen LogP contribution is 2.49. The first kappa shape index (κ1) is 16.3. The molecule has 1 aromatic heterocycles. The number of aromatic nitrogens is 1. The van der Waals surface area contributed by atoms with Crippen molar-refractivity contribution >= 4 is 10.9 Å². The predicted octanol–water partition coefficient (Wildman–Crippen LogP) is 6.04. The summed E-state index contributed by atoms with van der Waals surface area (Å²) in [5.41, 5.74) is 8.21. The molecule has 1 aliphatic carbocycles. The van der Waals surface area contributed by atoms with Crippen molar-refractivity contribution < 1.29 is 5.11 Å². The van der Waals surface area contributed by atoms with Gasteiger partial charge in [0.1, 0.15) is 5.75 Å². The molecule has 0 amide bonds. The minimum absolute atomic E-state index is 0.105. The highest BCUT2D eigenvalue weighted by atomic mass is 16.3. The van der Waals surface area contributed by atoms with E-state index in [1.165, 1.54) is 27.8 Å². The molecular formula is C23H27NO. The topological polar surface area (TPSA) is 36.0 Å². The largest absolute Gasteiger partial charge is 0.507 e. The van der Waals surface area contributed by atoms with Crippen molar-refractivity contribution in [1.82, 2.24) is 4.98 Å². The molecule has 0 bridgehead atoms. The summed E-state index contributed by atoms with van der Waals surface area (Å²) >= 11 is 0. The van der Waals surface area contributed by atoms with Crippen molar-refractivity contribution in [1.29, 1.82) is 0 Å². The molecule has 0 aliphatic heterocycles. The highest BCUT2D eigenvalue weighted by molar-refractivity contribution is 5.99. The van der Waals surface area contributed by atoms with E-state index in [1.807, 2.05) is 0 Å². The van der Waals surface area contributed by atoms with Crippen molar-refractivity contribution in [3.63, 3.8) is 0 Å². The zero-order valence-electron chi connectivity index (χ0n) is 16.0. The van der Waals surface area contributed by atoms with Crippen LogP contribution in [0.3, 0.4) is 0 Å². The summed E-state index contributed by atoms with van der Waals surface area (Å²) in [6, 6.07) is 10.8. The van der Waals surface area contributed by atoms with Gasteiger partial charge in [0.2, 0.25) is 0 Å². The van der Waals surface area contributed by atoms with E-state index >= 15 is 0 Å². The van der Waals surface area contributed by atoms with E-state index in [1.54, 1.807) is 0 Å². The SMILES string of the molecule is CC(C)(C)c1cc2[nH]c3c(c2c(C(C)(C)C)c1O)Cc1ccccc1-3. The first-order valence-corrected chi connectivity index (χ1v) is 9.09. The van der Waals surface area contributed by atoms with E-state index < -0.39 is 0 Å². The van der Waals surface area contributed by atoms with Gasteiger partial charge in [-0.2, -0.15) is 0 Å². The van der Waals surface area contributed by atoms with Gasteiger partial charge in [0.05, 0.1) is 5.69 Å². The molecule has 0 atom stereocenters. The maximum atomic E-state index is 11.2. The number of benzene rings is 2. The summed E-state index contributed by atoms with van der Waals surface area (Å²) in [5, 5.41) is 12.4. The number of hydrogen-bond acceptors (Lipinski definition) is 1. The van der Waals surface area contributed by atoms with Gasteiger partial charge < -0.3 is 10.1 Å². The second-order valence-electron chi connectivity index (χ2n) is 9.38. The van der Waals surface area contributed by atoms with E-state index in [4.69, 9.17) is 0 Å². The Labute approximate surface area is 149 Å². The summed E-state index contributed by atoms with van der Waals surface area (Å²) in [6.45, 7) is 13.0. The third kappa shape index (κ3) is 2.31. The van der Waals surface area contributed by atoms with Gasteiger partial charge in [-0.3, -0.25) is 0 Å². The first-order valence-electron chi connectivity index (χ1n) is 9.09. The lowest BCUT2D eigenvalue weighted by Crippen LogP contribution is -2.17. The molecule has 2 N–H and O–H groups in total. The highest BCUT2D eigenvalue weighted by Gasteiger charge is 2.32. The first-order chi connectivity index (χ1) is 11.6. The van der Waals surface area contributed by atoms with Crippen molar-refractivity contribution in [3.05, 3.63) is 52.6 Å². The van der Waals surface area contributed by atoms with Crippen molar-refractivity contribution in [2.45, 2.75) is 58.8 Å². The van der Waals surface area contributed by atoms with Crippen LogP contribution < -0.4 is 0 Å². The quantitative estimate of drug-likeness (QED) is 0.404. The molecular weight excluding hydrogens is 306 g/mol. The fraction of sp³-hybridized carbons (Fsp3) is 0.391. The molecule has 1 heterocycles. The Morgan fingerprint density at radius 2 is 1.64 bits per heavy atom. The zero-order valence-corrected chi connectivity index (χ0v) is 16.0. The van der Waals surface area contributed by atoms with Crippen LogP contribution in [0.1, 0.15) is 63.8 Å². The fourth-order valence-electron chi connectivity index (χ4n) is 4.24. The van der Waals surface area contributed by atoms with Crippen molar-refractivity contribution in [3.8, 4) is 17.0 Å². The monoisotopic (exact) mass is 333 g/mol.